The van der Waals surface area contributed by atoms with Gasteiger partial charge in [-0.2, -0.15) is 0 Å². The topological polar surface area (TPSA) is 68.0 Å². The van der Waals surface area contributed by atoms with Crippen LogP contribution in [-0.4, -0.2) is 21.4 Å². The second kappa shape index (κ2) is 7.53. The number of carbonyl (C=O) groups excluding carboxylic acids is 1. The number of rotatable bonds is 5. The zero-order chi connectivity index (χ0) is 17.8. The number of benzene rings is 2. The van der Waals surface area contributed by atoms with Crippen LogP contribution in [0.15, 0.2) is 58.2 Å². The number of aryl methyl sites for hydroxylation is 2. The third-order valence-electron chi connectivity index (χ3n) is 3.72. The molecule has 5 nitrogen and oxygen atoms in total. The van der Waals surface area contributed by atoms with E-state index in [1.54, 1.807) is 0 Å². The van der Waals surface area contributed by atoms with Crippen LogP contribution in [0.1, 0.15) is 18.1 Å². The summed E-state index contributed by atoms with van der Waals surface area (Å²) in [5.41, 5.74) is 3.81. The van der Waals surface area contributed by atoms with Crippen LogP contribution in [0.3, 0.4) is 0 Å². The fourth-order valence-corrected chi connectivity index (χ4v) is 2.95. The summed E-state index contributed by atoms with van der Waals surface area (Å²) in [5.74, 6) is 0.350. The van der Waals surface area contributed by atoms with Crippen molar-refractivity contribution in [3.63, 3.8) is 0 Å². The Balaban J connectivity index is 1.66. The second-order valence-electron chi connectivity index (χ2n) is 5.81. The zero-order valence-electron chi connectivity index (χ0n) is 14.3. The van der Waals surface area contributed by atoms with Crippen LogP contribution >= 0.6 is 11.8 Å². The lowest BCUT2D eigenvalue weighted by Gasteiger charge is -2.12. The van der Waals surface area contributed by atoms with Crippen LogP contribution in [0, 0.1) is 13.8 Å². The molecule has 1 aromatic heterocycles. The van der Waals surface area contributed by atoms with Crippen molar-refractivity contribution in [3.8, 4) is 11.5 Å². The molecule has 0 fully saturated rings. The Morgan fingerprint density at radius 3 is 2.64 bits per heavy atom. The lowest BCUT2D eigenvalue weighted by molar-refractivity contribution is -0.115. The Bertz CT molecular complexity index is 877. The first-order valence-electron chi connectivity index (χ1n) is 7.96. The summed E-state index contributed by atoms with van der Waals surface area (Å²) in [4.78, 5) is 12.4. The highest BCUT2D eigenvalue weighted by molar-refractivity contribution is 8.00. The van der Waals surface area contributed by atoms with Gasteiger partial charge in [-0.1, -0.05) is 42.1 Å². The lowest BCUT2D eigenvalue weighted by Crippen LogP contribution is -2.22. The lowest BCUT2D eigenvalue weighted by atomic mass is 10.1. The summed E-state index contributed by atoms with van der Waals surface area (Å²) < 4.78 is 5.64. The monoisotopic (exact) mass is 353 g/mol. The van der Waals surface area contributed by atoms with E-state index in [1.165, 1.54) is 11.8 Å². The van der Waals surface area contributed by atoms with Gasteiger partial charge in [-0.15, -0.1) is 10.2 Å². The van der Waals surface area contributed by atoms with Crippen LogP contribution in [0.2, 0.25) is 0 Å². The molecule has 25 heavy (non-hydrogen) atoms. The Kier molecular flexibility index (Phi) is 5.19. The van der Waals surface area contributed by atoms with Crippen LogP contribution in [0.25, 0.3) is 11.5 Å². The van der Waals surface area contributed by atoms with Gasteiger partial charge in [0.2, 0.25) is 11.8 Å². The molecule has 3 aromatic rings. The van der Waals surface area contributed by atoms with Crippen molar-refractivity contribution >= 4 is 23.4 Å². The van der Waals surface area contributed by atoms with E-state index in [2.05, 4.69) is 15.5 Å². The van der Waals surface area contributed by atoms with E-state index in [9.17, 15) is 4.79 Å². The van der Waals surface area contributed by atoms with Gasteiger partial charge in [-0.05, 0) is 50.1 Å². The highest BCUT2D eigenvalue weighted by atomic mass is 32.2. The van der Waals surface area contributed by atoms with Crippen molar-refractivity contribution in [2.75, 3.05) is 5.32 Å². The molecule has 0 aliphatic heterocycles. The number of aromatic nitrogens is 2. The summed E-state index contributed by atoms with van der Waals surface area (Å²) in [6.45, 7) is 5.78. The van der Waals surface area contributed by atoms with Gasteiger partial charge < -0.3 is 9.73 Å². The molecule has 0 saturated carbocycles. The van der Waals surface area contributed by atoms with Crippen LogP contribution in [-0.2, 0) is 4.79 Å². The maximum absolute atomic E-state index is 12.4. The van der Waals surface area contributed by atoms with E-state index in [0.29, 0.717) is 11.1 Å². The van der Waals surface area contributed by atoms with E-state index >= 15 is 0 Å². The van der Waals surface area contributed by atoms with Crippen LogP contribution < -0.4 is 5.32 Å². The number of amides is 1. The van der Waals surface area contributed by atoms with Gasteiger partial charge >= 0.3 is 0 Å². The molecule has 0 radical (unpaired) electrons. The maximum atomic E-state index is 12.4. The van der Waals surface area contributed by atoms with Crippen LogP contribution in [0.4, 0.5) is 5.69 Å². The van der Waals surface area contributed by atoms with Gasteiger partial charge in [0.25, 0.3) is 5.22 Å². The molecule has 128 valence electrons. The summed E-state index contributed by atoms with van der Waals surface area (Å²) in [5, 5.41) is 11.0. The van der Waals surface area contributed by atoms with Crippen molar-refractivity contribution in [1.29, 1.82) is 0 Å². The normalized spacial score (nSPS) is 12.0. The van der Waals surface area contributed by atoms with Gasteiger partial charge in [0.1, 0.15) is 0 Å². The van der Waals surface area contributed by atoms with Gasteiger partial charge in [-0.3, -0.25) is 4.79 Å². The van der Waals surface area contributed by atoms with Crippen molar-refractivity contribution in [3.05, 3.63) is 59.7 Å². The Morgan fingerprint density at radius 1 is 1.12 bits per heavy atom. The van der Waals surface area contributed by atoms with E-state index < -0.39 is 0 Å². The van der Waals surface area contributed by atoms with Gasteiger partial charge in [0.15, 0.2) is 0 Å². The van der Waals surface area contributed by atoms with Crippen molar-refractivity contribution < 1.29 is 9.21 Å². The van der Waals surface area contributed by atoms with Crippen LogP contribution in [0.5, 0.6) is 0 Å². The fraction of sp³-hybridized carbons (Fsp3) is 0.211. The minimum Gasteiger partial charge on any atom is -0.411 e. The Morgan fingerprint density at radius 2 is 1.88 bits per heavy atom. The summed E-state index contributed by atoms with van der Waals surface area (Å²) in [7, 11) is 0. The van der Waals surface area contributed by atoms with Gasteiger partial charge in [0.05, 0.1) is 5.25 Å². The quantitative estimate of drug-likeness (QED) is 0.685. The molecule has 1 atom stereocenters. The molecular weight excluding hydrogens is 334 g/mol. The zero-order valence-corrected chi connectivity index (χ0v) is 15.1. The van der Waals surface area contributed by atoms with E-state index in [1.807, 2.05) is 69.3 Å². The van der Waals surface area contributed by atoms with Crippen molar-refractivity contribution in [1.82, 2.24) is 10.2 Å². The molecule has 0 saturated heterocycles. The van der Waals surface area contributed by atoms with E-state index in [4.69, 9.17) is 4.42 Å². The van der Waals surface area contributed by atoms with Crippen molar-refractivity contribution in [2.45, 2.75) is 31.2 Å². The van der Waals surface area contributed by atoms with Gasteiger partial charge in [0, 0.05) is 11.3 Å². The summed E-state index contributed by atoms with van der Waals surface area (Å²) in [6, 6.07) is 15.5. The molecule has 0 spiro atoms. The van der Waals surface area contributed by atoms with Crippen molar-refractivity contribution in [2.24, 2.45) is 0 Å². The Hall–Kier alpha value is -2.60. The van der Waals surface area contributed by atoms with Gasteiger partial charge in [-0.25, -0.2) is 0 Å². The number of thioether (sulfide) groups is 1. The predicted molar refractivity (Wildman–Crippen MR) is 99.6 cm³/mol. The molecule has 1 amide bonds. The molecule has 0 aliphatic carbocycles. The molecule has 0 aliphatic rings. The summed E-state index contributed by atoms with van der Waals surface area (Å²) in [6.07, 6.45) is 0. The van der Waals surface area contributed by atoms with E-state index in [0.717, 1.165) is 22.4 Å². The number of carbonyl (C=O) groups is 1. The Labute approximate surface area is 150 Å². The number of hydrogen-bond donors (Lipinski definition) is 1. The molecule has 1 heterocycles. The smallest absolute Gasteiger partial charge is 0.277 e. The summed E-state index contributed by atoms with van der Waals surface area (Å²) >= 11 is 1.24. The number of nitrogens with one attached hydrogen (secondary N) is 1. The predicted octanol–water partition coefficient (Wildman–Crippen LogP) is 4.47. The first-order valence-corrected chi connectivity index (χ1v) is 8.84. The highest BCUT2D eigenvalue weighted by Crippen LogP contribution is 2.27. The second-order valence-corrected chi connectivity index (χ2v) is 7.10. The maximum Gasteiger partial charge on any atom is 0.277 e. The molecule has 1 N–H and O–H groups in total. The first kappa shape index (κ1) is 17.2. The average molecular weight is 353 g/mol. The highest BCUT2D eigenvalue weighted by Gasteiger charge is 2.19. The number of nitrogens with zero attached hydrogens (tertiary/aromatic N) is 2. The minimum absolute atomic E-state index is 0.0989. The number of hydrogen-bond acceptors (Lipinski definition) is 5. The molecule has 3 rings (SSSR count). The first-order chi connectivity index (χ1) is 12.0. The minimum atomic E-state index is -0.357. The fourth-order valence-electron chi connectivity index (χ4n) is 2.26. The SMILES string of the molecule is Cc1ccc(C)c(NC(=O)C(C)Sc2nnc(-c3ccccc3)o2)c1. The molecule has 2 aromatic carbocycles. The number of anilines is 1. The largest absolute Gasteiger partial charge is 0.411 e. The third-order valence-corrected chi connectivity index (χ3v) is 4.66. The average Bonchev–Trinajstić information content (AvgIpc) is 3.07. The third kappa shape index (κ3) is 4.28. The molecular formula is C19H19N3O2S. The van der Waals surface area contributed by atoms with E-state index in [-0.39, 0.29) is 11.2 Å². The standard InChI is InChI=1S/C19H19N3O2S/c1-12-9-10-13(2)16(11-12)20-17(23)14(3)25-19-22-21-18(24-19)15-7-5-4-6-8-15/h4-11,14H,1-3H3,(H,20,23). The molecule has 1 unspecified atom stereocenters. The molecule has 0 bridgehead atoms. The molecule has 6 heteroatoms.